The number of amides is 1. The standard InChI is InChI=1S/C15H21F2N3O3S.ClH/c16-15(17,9-18)10-19-14(21)11-4-3-7-13(8-11)24(22,23)20-12-5-1-2-6-12;/h3-4,7-8,12,20H,1-2,5-6,9-10,18H2,(H,19,21);1H. The fourth-order valence-electron chi connectivity index (χ4n) is 2.52. The number of halogens is 3. The summed E-state index contributed by atoms with van der Waals surface area (Å²) in [5.74, 6) is -3.98. The van der Waals surface area contributed by atoms with Crippen molar-refractivity contribution in [3.63, 3.8) is 0 Å². The van der Waals surface area contributed by atoms with Gasteiger partial charge in [0.25, 0.3) is 11.8 Å². The second-order valence-electron chi connectivity index (χ2n) is 5.87. The van der Waals surface area contributed by atoms with Crippen molar-refractivity contribution in [1.82, 2.24) is 10.0 Å². The van der Waals surface area contributed by atoms with E-state index in [4.69, 9.17) is 5.73 Å². The lowest BCUT2D eigenvalue weighted by Crippen LogP contribution is -2.41. The number of nitrogens with two attached hydrogens (primary N) is 1. The highest BCUT2D eigenvalue weighted by Crippen LogP contribution is 2.21. The van der Waals surface area contributed by atoms with Gasteiger partial charge in [0, 0.05) is 11.6 Å². The quantitative estimate of drug-likeness (QED) is 0.651. The van der Waals surface area contributed by atoms with Crippen LogP contribution in [0.15, 0.2) is 29.2 Å². The Morgan fingerprint density at radius 1 is 1.28 bits per heavy atom. The zero-order chi connectivity index (χ0) is 17.8. The minimum Gasteiger partial charge on any atom is -0.346 e. The predicted octanol–water partition coefficient (Wildman–Crippen LogP) is 1.65. The molecular formula is C15H22ClF2N3O3S. The highest BCUT2D eigenvalue weighted by atomic mass is 35.5. The molecule has 1 amide bonds. The van der Waals surface area contributed by atoms with Crippen LogP contribution in [0.3, 0.4) is 0 Å². The summed E-state index contributed by atoms with van der Waals surface area (Å²) in [6, 6.07) is 5.20. The van der Waals surface area contributed by atoms with E-state index in [0.29, 0.717) is 0 Å². The molecule has 0 heterocycles. The van der Waals surface area contributed by atoms with Crippen molar-refractivity contribution in [3.8, 4) is 0 Å². The third kappa shape index (κ3) is 6.18. The molecule has 0 aliphatic heterocycles. The van der Waals surface area contributed by atoms with Crippen molar-refractivity contribution < 1.29 is 22.0 Å². The zero-order valence-corrected chi connectivity index (χ0v) is 15.1. The van der Waals surface area contributed by atoms with Gasteiger partial charge in [-0.2, -0.15) is 0 Å². The van der Waals surface area contributed by atoms with E-state index in [1.807, 2.05) is 0 Å². The van der Waals surface area contributed by atoms with Crippen LogP contribution in [0.1, 0.15) is 36.0 Å². The Morgan fingerprint density at radius 2 is 1.92 bits per heavy atom. The molecule has 0 radical (unpaired) electrons. The SMILES string of the molecule is Cl.NCC(F)(F)CNC(=O)c1cccc(S(=O)(=O)NC2CCCC2)c1. The molecule has 0 aromatic heterocycles. The lowest BCUT2D eigenvalue weighted by Gasteiger charge is -2.15. The number of nitrogens with one attached hydrogen (secondary N) is 2. The maximum atomic E-state index is 13.1. The topological polar surface area (TPSA) is 101 Å². The molecule has 0 saturated heterocycles. The van der Waals surface area contributed by atoms with Gasteiger partial charge in [0.1, 0.15) is 0 Å². The van der Waals surface area contributed by atoms with E-state index in [2.05, 4.69) is 10.0 Å². The first-order valence-corrected chi connectivity index (χ1v) is 9.20. The van der Waals surface area contributed by atoms with Gasteiger partial charge in [-0.15, -0.1) is 12.4 Å². The van der Waals surface area contributed by atoms with Gasteiger partial charge in [-0.05, 0) is 31.0 Å². The molecule has 1 fully saturated rings. The molecule has 1 aromatic rings. The lowest BCUT2D eigenvalue weighted by atomic mass is 10.2. The lowest BCUT2D eigenvalue weighted by molar-refractivity contribution is 0.0118. The van der Waals surface area contributed by atoms with Crippen LogP contribution < -0.4 is 15.8 Å². The van der Waals surface area contributed by atoms with Crippen molar-refractivity contribution in [2.45, 2.75) is 42.5 Å². The molecule has 1 aliphatic rings. The summed E-state index contributed by atoms with van der Waals surface area (Å²) in [6.07, 6.45) is 3.52. The Morgan fingerprint density at radius 3 is 2.52 bits per heavy atom. The van der Waals surface area contributed by atoms with Crippen LogP contribution >= 0.6 is 12.4 Å². The molecule has 0 unspecified atom stereocenters. The number of alkyl halides is 2. The number of rotatable bonds is 7. The average Bonchev–Trinajstić information content (AvgIpc) is 3.05. The van der Waals surface area contributed by atoms with Crippen LogP contribution in [0.5, 0.6) is 0 Å². The van der Waals surface area contributed by atoms with Gasteiger partial charge >= 0.3 is 0 Å². The Hall–Kier alpha value is -1.29. The van der Waals surface area contributed by atoms with Crippen molar-refractivity contribution in [3.05, 3.63) is 29.8 Å². The molecule has 2 rings (SSSR count). The van der Waals surface area contributed by atoms with Gasteiger partial charge in [0.15, 0.2) is 0 Å². The highest BCUT2D eigenvalue weighted by molar-refractivity contribution is 7.89. The van der Waals surface area contributed by atoms with Crippen LogP contribution in [0.2, 0.25) is 0 Å². The van der Waals surface area contributed by atoms with Gasteiger partial charge in [0.2, 0.25) is 10.0 Å². The summed E-state index contributed by atoms with van der Waals surface area (Å²) < 4.78 is 53.5. The molecule has 0 bridgehead atoms. The summed E-state index contributed by atoms with van der Waals surface area (Å²) in [5.41, 5.74) is 4.90. The van der Waals surface area contributed by atoms with Crippen molar-refractivity contribution in [2.24, 2.45) is 5.73 Å². The molecule has 6 nitrogen and oxygen atoms in total. The Kier molecular flexibility index (Phi) is 7.73. The highest BCUT2D eigenvalue weighted by Gasteiger charge is 2.28. The molecule has 0 spiro atoms. The third-order valence-electron chi connectivity index (χ3n) is 3.89. The molecular weight excluding hydrogens is 376 g/mol. The molecule has 1 aromatic carbocycles. The fraction of sp³-hybridized carbons (Fsp3) is 0.533. The van der Waals surface area contributed by atoms with E-state index in [0.717, 1.165) is 25.7 Å². The molecule has 1 saturated carbocycles. The molecule has 0 atom stereocenters. The molecule has 142 valence electrons. The maximum absolute atomic E-state index is 13.1. The van der Waals surface area contributed by atoms with Crippen molar-refractivity contribution in [1.29, 1.82) is 0 Å². The van der Waals surface area contributed by atoms with Crippen LogP contribution in [0.25, 0.3) is 0 Å². The number of carbonyl (C=O) groups is 1. The van der Waals surface area contributed by atoms with Crippen LogP contribution in [-0.2, 0) is 10.0 Å². The second-order valence-corrected chi connectivity index (χ2v) is 7.59. The number of hydrogen-bond donors (Lipinski definition) is 3. The van der Waals surface area contributed by atoms with Crippen LogP contribution in [0, 0.1) is 0 Å². The van der Waals surface area contributed by atoms with Crippen LogP contribution in [-0.4, -0.2) is 39.4 Å². The Labute approximate surface area is 152 Å². The Balaban J connectivity index is 0.00000312. The van der Waals surface area contributed by atoms with E-state index in [-0.39, 0.29) is 28.9 Å². The number of carbonyl (C=O) groups excluding carboxylic acids is 1. The normalized spacial score (nSPS) is 15.6. The fourth-order valence-corrected chi connectivity index (χ4v) is 3.87. The van der Waals surface area contributed by atoms with Gasteiger partial charge in [-0.1, -0.05) is 18.9 Å². The summed E-state index contributed by atoms with van der Waals surface area (Å²) in [4.78, 5) is 11.9. The first-order chi connectivity index (χ1) is 11.2. The third-order valence-corrected chi connectivity index (χ3v) is 5.41. The van der Waals surface area contributed by atoms with E-state index < -0.39 is 34.9 Å². The van der Waals surface area contributed by atoms with Crippen molar-refractivity contribution >= 4 is 28.3 Å². The number of sulfonamides is 1. The van der Waals surface area contributed by atoms with E-state index in [1.54, 1.807) is 0 Å². The van der Waals surface area contributed by atoms with Gasteiger partial charge in [-0.3, -0.25) is 4.79 Å². The maximum Gasteiger partial charge on any atom is 0.277 e. The van der Waals surface area contributed by atoms with E-state index in [9.17, 15) is 22.0 Å². The number of hydrogen-bond acceptors (Lipinski definition) is 4. The van der Waals surface area contributed by atoms with E-state index >= 15 is 0 Å². The average molecular weight is 398 g/mol. The summed E-state index contributed by atoms with van der Waals surface area (Å²) >= 11 is 0. The molecule has 25 heavy (non-hydrogen) atoms. The molecule has 10 heteroatoms. The minimum absolute atomic E-state index is 0. The monoisotopic (exact) mass is 397 g/mol. The zero-order valence-electron chi connectivity index (χ0n) is 13.5. The molecule has 4 N–H and O–H groups in total. The van der Waals surface area contributed by atoms with Gasteiger partial charge < -0.3 is 11.1 Å². The van der Waals surface area contributed by atoms with E-state index in [1.165, 1.54) is 24.3 Å². The summed E-state index contributed by atoms with van der Waals surface area (Å²) in [5, 5.41) is 2.06. The smallest absolute Gasteiger partial charge is 0.277 e. The molecule has 1 aliphatic carbocycles. The first kappa shape index (κ1) is 21.8. The number of benzene rings is 1. The summed E-state index contributed by atoms with van der Waals surface area (Å²) in [6.45, 7) is -1.79. The van der Waals surface area contributed by atoms with Gasteiger partial charge in [-0.25, -0.2) is 21.9 Å². The van der Waals surface area contributed by atoms with Crippen LogP contribution in [0.4, 0.5) is 8.78 Å². The predicted molar refractivity (Wildman–Crippen MR) is 92.6 cm³/mol. The first-order valence-electron chi connectivity index (χ1n) is 7.72. The summed E-state index contributed by atoms with van der Waals surface area (Å²) in [7, 11) is -3.75. The minimum atomic E-state index is -3.75. The largest absolute Gasteiger partial charge is 0.346 e. The second kappa shape index (κ2) is 8.88. The Bertz CT molecular complexity index is 695. The van der Waals surface area contributed by atoms with Gasteiger partial charge in [0.05, 0.1) is 18.0 Å². The van der Waals surface area contributed by atoms with Crippen molar-refractivity contribution in [2.75, 3.05) is 13.1 Å².